The van der Waals surface area contributed by atoms with Crippen LogP contribution in [0.3, 0.4) is 0 Å². The van der Waals surface area contributed by atoms with Crippen LogP contribution in [0.5, 0.6) is 5.75 Å². The van der Waals surface area contributed by atoms with Crippen LogP contribution in [0, 0.1) is 5.92 Å². The Morgan fingerprint density at radius 2 is 2.38 bits per heavy atom. The Hall–Kier alpha value is -2.34. The second-order valence-corrected chi connectivity index (χ2v) is 6.65. The van der Waals surface area contributed by atoms with E-state index in [1.54, 1.807) is 25.5 Å². The third-order valence-corrected chi connectivity index (χ3v) is 4.85. The van der Waals surface area contributed by atoms with Gasteiger partial charge in [0.1, 0.15) is 10.8 Å². The van der Waals surface area contributed by atoms with Crippen LogP contribution in [-0.2, 0) is 4.79 Å². The van der Waals surface area contributed by atoms with Gasteiger partial charge in [0.25, 0.3) is 0 Å². The molecule has 3 rings (SSSR count). The molecule has 1 amide bonds. The molecule has 5 nitrogen and oxygen atoms in total. The van der Waals surface area contributed by atoms with Crippen LogP contribution in [0.15, 0.2) is 41.9 Å². The minimum absolute atomic E-state index is 0.0686. The summed E-state index contributed by atoms with van der Waals surface area (Å²) in [6, 6.07) is 8.06. The van der Waals surface area contributed by atoms with Crippen LogP contribution < -0.4 is 15.0 Å². The number of hydrogen-bond acceptors (Lipinski definition) is 5. The number of para-hydroxylation sites is 2. The fraction of sp³-hybridized carbons (Fsp3) is 0.333. The van der Waals surface area contributed by atoms with E-state index in [2.05, 4.69) is 21.3 Å². The summed E-state index contributed by atoms with van der Waals surface area (Å²) in [6.07, 6.45) is 6.09. The van der Waals surface area contributed by atoms with E-state index >= 15 is 0 Å². The van der Waals surface area contributed by atoms with Gasteiger partial charge in [0.15, 0.2) is 0 Å². The van der Waals surface area contributed by atoms with Gasteiger partial charge in [0.2, 0.25) is 5.91 Å². The smallest absolute Gasteiger partial charge is 0.244 e. The van der Waals surface area contributed by atoms with E-state index in [4.69, 9.17) is 4.74 Å². The third-order valence-electron chi connectivity index (χ3n) is 4.11. The molecule has 126 valence electrons. The SMILES string of the molecule is COc1ccccc1N1CC[C@@H](CNC(=O)/C=C\c2nccs2)C1. The van der Waals surface area contributed by atoms with Crippen LogP contribution in [-0.4, -0.2) is 37.6 Å². The van der Waals surface area contributed by atoms with Crippen molar-refractivity contribution in [3.63, 3.8) is 0 Å². The molecule has 0 aliphatic carbocycles. The Morgan fingerprint density at radius 3 is 3.17 bits per heavy atom. The van der Waals surface area contributed by atoms with Gasteiger partial charge in [-0.2, -0.15) is 0 Å². The maximum atomic E-state index is 11.9. The van der Waals surface area contributed by atoms with Crippen molar-refractivity contribution >= 4 is 29.0 Å². The highest BCUT2D eigenvalue weighted by Gasteiger charge is 2.24. The van der Waals surface area contributed by atoms with E-state index in [-0.39, 0.29) is 5.91 Å². The lowest BCUT2D eigenvalue weighted by Crippen LogP contribution is -2.29. The Labute approximate surface area is 146 Å². The molecule has 1 atom stereocenters. The number of nitrogens with one attached hydrogen (secondary N) is 1. The standard InChI is InChI=1S/C18H21N3O2S/c1-23-16-5-3-2-4-15(16)21-10-8-14(13-21)12-20-17(22)6-7-18-19-9-11-24-18/h2-7,9,11,14H,8,10,12-13H2,1H3,(H,20,22)/b7-6-/t14-/m0/s1. The molecular weight excluding hydrogens is 322 g/mol. The summed E-state index contributed by atoms with van der Waals surface area (Å²) in [7, 11) is 1.70. The lowest BCUT2D eigenvalue weighted by Gasteiger charge is -2.21. The van der Waals surface area contributed by atoms with Crippen molar-refractivity contribution < 1.29 is 9.53 Å². The molecule has 0 spiro atoms. The third kappa shape index (κ3) is 4.14. The van der Waals surface area contributed by atoms with Gasteiger partial charge in [-0.15, -0.1) is 11.3 Å². The quantitative estimate of drug-likeness (QED) is 0.820. The van der Waals surface area contributed by atoms with E-state index in [0.29, 0.717) is 12.5 Å². The average molecular weight is 343 g/mol. The Kier molecular flexibility index (Phi) is 5.48. The first-order chi connectivity index (χ1) is 11.8. The fourth-order valence-corrected chi connectivity index (χ4v) is 3.41. The number of amides is 1. The van der Waals surface area contributed by atoms with Crippen molar-refractivity contribution in [1.29, 1.82) is 0 Å². The normalized spacial score (nSPS) is 17.4. The summed E-state index contributed by atoms with van der Waals surface area (Å²) < 4.78 is 5.43. The highest BCUT2D eigenvalue weighted by Crippen LogP contribution is 2.31. The molecule has 0 unspecified atom stereocenters. The number of methoxy groups -OCH3 is 1. The molecule has 1 aromatic carbocycles. The molecule has 1 fully saturated rings. The zero-order valence-electron chi connectivity index (χ0n) is 13.6. The number of carbonyl (C=O) groups is 1. The maximum Gasteiger partial charge on any atom is 0.244 e. The first kappa shape index (κ1) is 16.5. The number of ether oxygens (including phenoxy) is 1. The summed E-state index contributed by atoms with van der Waals surface area (Å²) in [5, 5.41) is 5.71. The molecule has 1 N–H and O–H groups in total. The van der Waals surface area contributed by atoms with Crippen molar-refractivity contribution in [3.8, 4) is 5.75 Å². The number of aromatic nitrogens is 1. The van der Waals surface area contributed by atoms with Crippen LogP contribution in [0.1, 0.15) is 11.4 Å². The van der Waals surface area contributed by atoms with Crippen molar-refractivity contribution in [2.75, 3.05) is 31.6 Å². The molecule has 0 saturated carbocycles. The van der Waals surface area contributed by atoms with Crippen LogP contribution in [0.4, 0.5) is 5.69 Å². The number of rotatable bonds is 6. The van der Waals surface area contributed by atoms with Crippen LogP contribution >= 0.6 is 11.3 Å². The minimum Gasteiger partial charge on any atom is -0.495 e. The van der Waals surface area contributed by atoms with E-state index in [1.165, 1.54) is 11.3 Å². The number of anilines is 1. The second kappa shape index (κ2) is 7.97. The predicted octanol–water partition coefficient (Wildman–Crippen LogP) is 2.81. The molecule has 1 aliphatic rings. The topological polar surface area (TPSA) is 54.5 Å². The zero-order valence-corrected chi connectivity index (χ0v) is 14.5. The van der Waals surface area contributed by atoms with Gasteiger partial charge in [-0.1, -0.05) is 12.1 Å². The molecule has 0 bridgehead atoms. The highest BCUT2D eigenvalue weighted by atomic mass is 32.1. The number of benzene rings is 1. The second-order valence-electron chi connectivity index (χ2n) is 5.72. The van der Waals surface area contributed by atoms with Crippen molar-refractivity contribution in [2.24, 2.45) is 5.92 Å². The number of nitrogens with zero attached hydrogens (tertiary/aromatic N) is 2. The molecule has 6 heteroatoms. The average Bonchev–Trinajstić information content (AvgIpc) is 3.29. The Bertz CT molecular complexity index is 700. The highest BCUT2D eigenvalue weighted by molar-refractivity contribution is 7.10. The maximum absolute atomic E-state index is 11.9. The number of carbonyl (C=O) groups excluding carboxylic acids is 1. The summed E-state index contributed by atoms with van der Waals surface area (Å²) in [5.41, 5.74) is 1.12. The summed E-state index contributed by atoms with van der Waals surface area (Å²) in [5.74, 6) is 1.28. The van der Waals surface area contributed by atoms with Gasteiger partial charge in [-0.3, -0.25) is 4.79 Å². The molecule has 2 heterocycles. The van der Waals surface area contributed by atoms with Gasteiger partial charge >= 0.3 is 0 Å². The summed E-state index contributed by atoms with van der Waals surface area (Å²) >= 11 is 1.51. The number of hydrogen-bond donors (Lipinski definition) is 1. The van der Waals surface area contributed by atoms with Crippen molar-refractivity contribution in [1.82, 2.24) is 10.3 Å². The molecule has 1 aliphatic heterocycles. The minimum atomic E-state index is -0.0686. The molecular formula is C18H21N3O2S. The van der Waals surface area contributed by atoms with E-state index < -0.39 is 0 Å². The zero-order chi connectivity index (χ0) is 16.8. The van der Waals surface area contributed by atoms with Gasteiger partial charge in [-0.05, 0) is 30.5 Å². The molecule has 24 heavy (non-hydrogen) atoms. The van der Waals surface area contributed by atoms with Crippen molar-refractivity contribution in [2.45, 2.75) is 6.42 Å². The Balaban J connectivity index is 1.49. The fourth-order valence-electron chi connectivity index (χ4n) is 2.88. The summed E-state index contributed by atoms with van der Waals surface area (Å²) in [4.78, 5) is 18.3. The van der Waals surface area contributed by atoms with Gasteiger partial charge < -0.3 is 15.0 Å². The summed E-state index contributed by atoms with van der Waals surface area (Å²) in [6.45, 7) is 2.60. The largest absolute Gasteiger partial charge is 0.495 e. The Morgan fingerprint density at radius 1 is 1.50 bits per heavy atom. The van der Waals surface area contributed by atoms with Gasteiger partial charge in [-0.25, -0.2) is 4.98 Å². The predicted molar refractivity (Wildman–Crippen MR) is 97.5 cm³/mol. The van der Waals surface area contributed by atoms with E-state index in [0.717, 1.165) is 36.0 Å². The van der Waals surface area contributed by atoms with Crippen LogP contribution in [0.25, 0.3) is 6.08 Å². The first-order valence-electron chi connectivity index (χ1n) is 7.99. The first-order valence-corrected chi connectivity index (χ1v) is 8.87. The number of thiazole rings is 1. The lowest BCUT2D eigenvalue weighted by atomic mass is 10.1. The van der Waals surface area contributed by atoms with Gasteiger partial charge in [0.05, 0.1) is 12.8 Å². The monoisotopic (exact) mass is 343 g/mol. The van der Waals surface area contributed by atoms with Crippen molar-refractivity contribution in [3.05, 3.63) is 46.9 Å². The molecule has 1 saturated heterocycles. The van der Waals surface area contributed by atoms with E-state index in [1.807, 2.05) is 23.6 Å². The molecule has 2 aromatic rings. The lowest BCUT2D eigenvalue weighted by molar-refractivity contribution is -0.116. The van der Waals surface area contributed by atoms with Gasteiger partial charge in [0, 0.05) is 37.3 Å². The van der Waals surface area contributed by atoms with Crippen LogP contribution in [0.2, 0.25) is 0 Å². The van der Waals surface area contributed by atoms with E-state index in [9.17, 15) is 4.79 Å². The molecule has 1 aromatic heterocycles. The molecule has 0 radical (unpaired) electrons.